The van der Waals surface area contributed by atoms with E-state index in [0.717, 1.165) is 35.8 Å². The van der Waals surface area contributed by atoms with Crippen molar-refractivity contribution >= 4 is 17.3 Å². The first-order valence-electron chi connectivity index (χ1n) is 14.1. The van der Waals surface area contributed by atoms with E-state index < -0.39 is 34.6 Å². The molecule has 43 heavy (non-hydrogen) atoms. The van der Waals surface area contributed by atoms with E-state index in [9.17, 15) is 22.8 Å². The molecule has 8 nitrogen and oxygen atoms in total. The van der Waals surface area contributed by atoms with Crippen LogP contribution in [-0.2, 0) is 24.5 Å². The number of likely N-dealkylation sites (N-methyl/N-ethyl adjacent to an activating group) is 1. The Balaban J connectivity index is 1.53. The third kappa shape index (κ3) is 6.92. The number of aryl methyl sites for hydroxylation is 1. The van der Waals surface area contributed by atoms with E-state index in [1.165, 1.54) is 13.1 Å². The highest BCUT2D eigenvalue weighted by Gasteiger charge is 2.36. The maximum atomic E-state index is 15.2. The number of halogens is 4. The summed E-state index contributed by atoms with van der Waals surface area (Å²) < 4.78 is 63.1. The van der Waals surface area contributed by atoms with E-state index in [0.29, 0.717) is 55.7 Å². The van der Waals surface area contributed by atoms with Crippen molar-refractivity contribution in [2.75, 3.05) is 63.7 Å². The third-order valence-electron chi connectivity index (χ3n) is 8.11. The van der Waals surface area contributed by atoms with Crippen LogP contribution in [0.1, 0.15) is 27.9 Å². The molecule has 3 aromatic rings. The monoisotopic (exact) mass is 601 g/mol. The number of pyridine rings is 1. The minimum Gasteiger partial charge on any atom is -0.379 e. The Morgan fingerprint density at radius 3 is 2.49 bits per heavy atom. The number of rotatable bonds is 7. The molecular formula is C31H35F4N5O3. The Morgan fingerprint density at radius 2 is 1.81 bits per heavy atom. The molecule has 0 saturated carbocycles. The second-order valence-electron chi connectivity index (χ2n) is 11.3. The minimum atomic E-state index is -4.91. The van der Waals surface area contributed by atoms with Crippen LogP contribution in [0.2, 0.25) is 0 Å². The number of nitrogens with one attached hydrogen (secondary N) is 1. The average molecular weight is 602 g/mol. The lowest BCUT2D eigenvalue weighted by molar-refractivity contribution is -0.138. The summed E-state index contributed by atoms with van der Waals surface area (Å²) in [5.41, 5.74) is -0.323. The second kappa shape index (κ2) is 12.5. The van der Waals surface area contributed by atoms with Gasteiger partial charge >= 0.3 is 6.18 Å². The highest BCUT2D eigenvalue weighted by Crippen LogP contribution is 2.37. The van der Waals surface area contributed by atoms with Crippen LogP contribution < -0.4 is 15.8 Å². The number of aromatic nitrogens is 1. The van der Waals surface area contributed by atoms with E-state index in [-0.39, 0.29) is 11.7 Å². The molecule has 12 heteroatoms. The van der Waals surface area contributed by atoms with Crippen molar-refractivity contribution in [1.82, 2.24) is 14.4 Å². The molecule has 1 atom stereocenters. The quantitative estimate of drug-likeness (QED) is 0.404. The molecule has 3 heterocycles. The molecular weight excluding hydrogens is 566 g/mol. The van der Waals surface area contributed by atoms with Gasteiger partial charge in [-0.05, 0) is 55.9 Å². The van der Waals surface area contributed by atoms with Gasteiger partial charge in [0.1, 0.15) is 5.82 Å². The Kier molecular flexibility index (Phi) is 8.91. The maximum absolute atomic E-state index is 15.2. The molecule has 0 spiro atoms. The molecule has 2 fully saturated rings. The van der Waals surface area contributed by atoms with Gasteiger partial charge in [0.15, 0.2) is 0 Å². The maximum Gasteiger partial charge on any atom is 0.417 e. The SMILES string of the molecule is CN(C)C1CCN(c2ccc(-c3cc(CN4CCOCC4)ccc3F)cc2NC(=O)c2cn(C)c(=O)cc2C(F)(F)F)C1. The van der Waals surface area contributed by atoms with E-state index in [4.69, 9.17) is 4.74 Å². The summed E-state index contributed by atoms with van der Waals surface area (Å²) in [4.78, 5) is 31.8. The van der Waals surface area contributed by atoms with Crippen molar-refractivity contribution in [3.63, 3.8) is 0 Å². The van der Waals surface area contributed by atoms with Gasteiger partial charge in [0.05, 0.1) is 35.7 Å². The molecule has 2 aliphatic rings. The van der Waals surface area contributed by atoms with Crippen LogP contribution in [0.25, 0.3) is 11.1 Å². The number of hydrogen-bond donors (Lipinski definition) is 1. The molecule has 230 valence electrons. The number of nitrogens with zero attached hydrogens (tertiary/aromatic N) is 4. The van der Waals surface area contributed by atoms with E-state index in [1.54, 1.807) is 30.3 Å². The lowest BCUT2D eigenvalue weighted by atomic mass is 10.00. The fourth-order valence-corrected chi connectivity index (χ4v) is 5.61. The summed E-state index contributed by atoms with van der Waals surface area (Å²) in [6, 6.07) is 10.7. The molecule has 1 unspecified atom stereocenters. The van der Waals surface area contributed by atoms with Gasteiger partial charge in [0, 0.05) is 63.6 Å². The van der Waals surface area contributed by atoms with Crippen molar-refractivity contribution in [2.24, 2.45) is 7.05 Å². The number of amides is 1. The summed E-state index contributed by atoms with van der Waals surface area (Å²) in [6.07, 6.45) is -3.17. The fraction of sp³-hybridized carbons (Fsp3) is 0.419. The van der Waals surface area contributed by atoms with Gasteiger partial charge < -0.3 is 24.4 Å². The zero-order valence-corrected chi connectivity index (χ0v) is 24.4. The molecule has 1 amide bonds. The first-order valence-corrected chi connectivity index (χ1v) is 14.1. The highest BCUT2D eigenvalue weighted by molar-refractivity contribution is 6.07. The van der Waals surface area contributed by atoms with Crippen LogP contribution in [0.15, 0.2) is 53.5 Å². The molecule has 0 bridgehead atoms. The van der Waals surface area contributed by atoms with Crippen LogP contribution in [-0.4, -0.2) is 79.8 Å². The fourth-order valence-electron chi connectivity index (χ4n) is 5.61. The lowest BCUT2D eigenvalue weighted by Gasteiger charge is -2.27. The second-order valence-corrected chi connectivity index (χ2v) is 11.3. The van der Waals surface area contributed by atoms with E-state index >= 15 is 4.39 Å². The van der Waals surface area contributed by atoms with Gasteiger partial charge in [0.25, 0.3) is 11.5 Å². The number of alkyl halides is 3. The van der Waals surface area contributed by atoms with Crippen LogP contribution >= 0.6 is 0 Å². The number of hydrogen-bond acceptors (Lipinski definition) is 6. The Bertz CT molecular complexity index is 1550. The zero-order valence-electron chi connectivity index (χ0n) is 24.4. The largest absolute Gasteiger partial charge is 0.417 e. The smallest absolute Gasteiger partial charge is 0.379 e. The van der Waals surface area contributed by atoms with Crippen LogP contribution in [0, 0.1) is 5.82 Å². The molecule has 2 aromatic carbocycles. The zero-order chi connectivity index (χ0) is 30.9. The number of carbonyl (C=O) groups excluding carboxylic acids is 1. The minimum absolute atomic E-state index is 0.248. The average Bonchev–Trinajstić information content (AvgIpc) is 3.46. The number of carbonyl (C=O) groups is 1. The van der Waals surface area contributed by atoms with Crippen LogP contribution in [0.3, 0.4) is 0 Å². The van der Waals surface area contributed by atoms with Gasteiger partial charge in [-0.15, -0.1) is 0 Å². The van der Waals surface area contributed by atoms with Gasteiger partial charge in [-0.2, -0.15) is 13.2 Å². The molecule has 1 aromatic heterocycles. The number of morpholine rings is 1. The first-order chi connectivity index (χ1) is 20.4. The van der Waals surface area contributed by atoms with Gasteiger partial charge in [-0.1, -0.05) is 12.1 Å². The van der Waals surface area contributed by atoms with E-state index in [2.05, 4.69) is 20.0 Å². The first kappa shape index (κ1) is 30.7. The Hall–Kier alpha value is -3.74. The predicted molar refractivity (Wildman–Crippen MR) is 157 cm³/mol. The Labute approximate surface area is 247 Å². The topological polar surface area (TPSA) is 70.1 Å². The molecule has 1 N–H and O–H groups in total. The predicted octanol–water partition coefficient (Wildman–Crippen LogP) is 4.44. The number of anilines is 2. The van der Waals surface area contributed by atoms with Gasteiger partial charge in [0.2, 0.25) is 0 Å². The molecule has 5 rings (SSSR count). The summed E-state index contributed by atoms with van der Waals surface area (Å²) in [6.45, 7) is 4.74. The van der Waals surface area contributed by atoms with Crippen LogP contribution in [0.5, 0.6) is 0 Å². The van der Waals surface area contributed by atoms with Crippen molar-refractivity contribution in [2.45, 2.75) is 25.2 Å². The standard InChI is InChI=1S/C31H35F4N5O3/c1-37(2)22-8-9-40(18-22)28-7-5-21(23-14-20(4-6-26(23)32)17-39-10-12-43-13-11-39)15-27(28)36-30(42)24-19-38(3)29(41)16-25(24)31(33,34)35/h4-7,14-16,19,22H,8-13,17-18H2,1-3H3,(H,36,42). The van der Waals surface area contributed by atoms with Gasteiger partial charge in [-0.25, -0.2) is 4.39 Å². The Morgan fingerprint density at radius 1 is 1.07 bits per heavy atom. The third-order valence-corrected chi connectivity index (χ3v) is 8.11. The molecule has 0 aliphatic carbocycles. The summed E-state index contributed by atoms with van der Waals surface area (Å²) in [7, 11) is 5.24. The van der Waals surface area contributed by atoms with Crippen LogP contribution in [0.4, 0.5) is 28.9 Å². The summed E-state index contributed by atoms with van der Waals surface area (Å²) in [5, 5.41) is 2.66. The number of ether oxygens (including phenoxy) is 1. The van der Waals surface area contributed by atoms with Crippen molar-refractivity contribution in [3.05, 3.63) is 81.5 Å². The van der Waals surface area contributed by atoms with Crippen molar-refractivity contribution in [1.29, 1.82) is 0 Å². The van der Waals surface area contributed by atoms with Gasteiger partial charge in [-0.3, -0.25) is 14.5 Å². The summed E-state index contributed by atoms with van der Waals surface area (Å²) in [5.74, 6) is -1.48. The number of benzene rings is 2. The molecule has 2 aliphatic heterocycles. The molecule has 2 saturated heterocycles. The van der Waals surface area contributed by atoms with Crippen molar-refractivity contribution < 1.29 is 27.1 Å². The molecule has 0 radical (unpaired) electrons. The normalized spacial score (nSPS) is 18.0. The lowest BCUT2D eigenvalue weighted by Crippen LogP contribution is -2.35. The van der Waals surface area contributed by atoms with E-state index in [1.807, 2.05) is 14.1 Å². The summed E-state index contributed by atoms with van der Waals surface area (Å²) >= 11 is 0. The highest BCUT2D eigenvalue weighted by atomic mass is 19.4. The van der Waals surface area contributed by atoms with Crippen molar-refractivity contribution in [3.8, 4) is 11.1 Å².